The van der Waals surface area contributed by atoms with Crippen molar-refractivity contribution in [3.63, 3.8) is 0 Å². The van der Waals surface area contributed by atoms with Gasteiger partial charge in [-0.2, -0.15) is 0 Å². The molecule has 0 aromatic heterocycles. The highest BCUT2D eigenvalue weighted by atomic mass is 28.3. The van der Waals surface area contributed by atoms with E-state index in [0.29, 0.717) is 0 Å². The molecule has 0 aliphatic heterocycles. The Morgan fingerprint density at radius 3 is 0.867 bits per heavy atom. The van der Waals surface area contributed by atoms with Crippen molar-refractivity contribution >= 4 is 42.0 Å². The van der Waals surface area contributed by atoms with Crippen molar-refractivity contribution < 1.29 is 0 Å². The van der Waals surface area contributed by atoms with Gasteiger partial charge in [-0.15, -0.1) is 0 Å². The van der Waals surface area contributed by atoms with E-state index in [4.69, 9.17) is 0 Å². The molecule has 81 valence electrons. The Kier molecular flexibility index (Phi) is 4.55. The Balaban J connectivity index is 3.20. The van der Waals surface area contributed by atoms with E-state index in [-0.39, 0.29) is 26.4 Å². The fourth-order valence-corrected chi connectivity index (χ4v) is 4.59. The topological polar surface area (TPSA) is 0 Å². The van der Waals surface area contributed by atoms with Gasteiger partial charge in [-0.3, -0.25) is 0 Å². The Hall–Kier alpha value is -0.129. The van der Waals surface area contributed by atoms with Crippen LogP contribution in [0, 0.1) is 0 Å². The van der Waals surface area contributed by atoms with Crippen LogP contribution in [0.25, 0.3) is 0 Å². The molecule has 0 atom stereocenters. The first-order valence-corrected chi connectivity index (χ1v) is 13.0. The first-order chi connectivity index (χ1) is 6.91. The fraction of sp³-hybridized carbons (Fsp3) is 0.500. The molecule has 0 fully saturated rings. The lowest BCUT2D eigenvalue weighted by molar-refractivity contribution is 1.78. The molecule has 0 saturated carbocycles. The quantitative estimate of drug-likeness (QED) is 0.714. The smallest absolute Gasteiger partial charge is 0.0671 e. The van der Waals surface area contributed by atoms with Crippen LogP contribution in [0.5, 0.6) is 0 Å². The molecule has 0 heterocycles. The molecule has 3 radical (unpaired) electrons. The van der Waals surface area contributed by atoms with Crippen LogP contribution < -0.4 is 15.6 Å². The number of hydrogen-bond acceptors (Lipinski definition) is 0. The normalized spacial score (nSPS) is 11.8. The summed E-state index contributed by atoms with van der Waals surface area (Å²) in [6.45, 7) is 14.4. The number of rotatable bonds is 3. The monoisotopic (exact) mass is 249 g/mol. The largest absolute Gasteiger partial charge is 0.0791 e. The van der Waals surface area contributed by atoms with E-state index in [2.05, 4.69) is 57.5 Å². The van der Waals surface area contributed by atoms with Crippen molar-refractivity contribution in [2.75, 3.05) is 0 Å². The van der Waals surface area contributed by atoms with Crippen LogP contribution in [0.15, 0.2) is 18.2 Å². The maximum atomic E-state index is 2.47. The Labute approximate surface area is 99.6 Å². The van der Waals surface area contributed by atoms with E-state index in [1.165, 1.54) is 0 Å². The minimum absolute atomic E-state index is 0.290. The van der Waals surface area contributed by atoms with E-state index in [9.17, 15) is 0 Å². The second-order valence-electron chi connectivity index (χ2n) is 4.80. The van der Waals surface area contributed by atoms with E-state index in [0.717, 1.165) is 0 Å². The fourth-order valence-electron chi connectivity index (χ4n) is 1.49. The van der Waals surface area contributed by atoms with Crippen LogP contribution in [-0.2, 0) is 0 Å². The highest BCUT2D eigenvalue weighted by Crippen LogP contribution is 1.91. The molecule has 0 bridgehead atoms. The van der Waals surface area contributed by atoms with Gasteiger partial charge >= 0.3 is 0 Å². The molecule has 0 nitrogen and oxygen atoms in total. The lowest BCUT2D eigenvalue weighted by Gasteiger charge is -2.14. The lowest BCUT2D eigenvalue weighted by Crippen LogP contribution is -2.39. The summed E-state index contributed by atoms with van der Waals surface area (Å²) in [5, 5.41) is 4.89. The van der Waals surface area contributed by atoms with Gasteiger partial charge < -0.3 is 0 Å². The summed E-state index contributed by atoms with van der Waals surface area (Å²) >= 11 is 0. The average molecular weight is 250 g/mol. The number of hydrogen-bond donors (Lipinski definition) is 0. The minimum atomic E-state index is -0.290. The van der Waals surface area contributed by atoms with Crippen LogP contribution in [0.2, 0.25) is 39.3 Å². The Morgan fingerprint density at radius 1 is 0.533 bits per heavy atom. The zero-order valence-electron chi connectivity index (χ0n) is 10.7. The van der Waals surface area contributed by atoms with Crippen molar-refractivity contribution in [1.29, 1.82) is 0 Å². The Morgan fingerprint density at radius 2 is 0.733 bits per heavy atom. The van der Waals surface area contributed by atoms with Gasteiger partial charge in [-0.05, 0) is 0 Å². The molecule has 0 spiro atoms. The standard InChI is InChI=1S/C12H21Si3/c1-13(2)10-7-11(14(3)4)9-12(8-10)15(5)6/h7-9H,1-6H3. The van der Waals surface area contributed by atoms with Crippen LogP contribution in [0.4, 0.5) is 0 Å². The zero-order valence-corrected chi connectivity index (χ0v) is 13.7. The summed E-state index contributed by atoms with van der Waals surface area (Å²) in [5.41, 5.74) is 0. The maximum Gasteiger partial charge on any atom is 0.0791 e. The molecule has 1 aromatic rings. The predicted octanol–water partition coefficient (Wildman–Crippen LogP) is 1.57. The predicted molar refractivity (Wildman–Crippen MR) is 77.8 cm³/mol. The van der Waals surface area contributed by atoms with Crippen molar-refractivity contribution in [3.05, 3.63) is 18.2 Å². The second-order valence-corrected chi connectivity index (χ2v) is 12.5. The van der Waals surface area contributed by atoms with E-state index in [1.54, 1.807) is 15.6 Å². The van der Waals surface area contributed by atoms with E-state index < -0.39 is 0 Å². The summed E-state index contributed by atoms with van der Waals surface area (Å²) in [6.07, 6.45) is 0. The second kappa shape index (κ2) is 5.28. The highest BCUT2D eigenvalue weighted by Gasteiger charge is 2.10. The molecular formula is C12H21Si3. The third kappa shape index (κ3) is 3.43. The summed E-state index contributed by atoms with van der Waals surface area (Å²) in [7, 11) is -0.870. The molecule has 0 N–H and O–H groups in total. The van der Waals surface area contributed by atoms with Gasteiger partial charge in [-0.25, -0.2) is 0 Å². The van der Waals surface area contributed by atoms with Crippen molar-refractivity contribution in [2.24, 2.45) is 0 Å². The van der Waals surface area contributed by atoms with Crippen LogP contribution in [-0.4, -0.2) is 26.4 Å². The van der Waals surface area contributed by atoms with Gasteiger partial charge in [-0.1, -0.05) is 73.0 Å². The first kappa shape index (κ1) is 12.9. The van der Waals surface area contributed by atoms with Gasteiger partial charge in [0, 0.05) is 0 Å². The molecule has 0 unspecified atom stereocenters. The van der Waals surface area contributed by atoms with E-state index >= 15 is 0 Å². The van der Waals surface area contributed by atoms with E-state index in [1.807, 2.05) is 0 Å². The van der Waals surface area contributed by atoms with Crippen molar-refractivity contribution in [3.8, 4) is 0 Å². The highest BCUT2D eigenvalue weighted by molar-refractivity contribution is 6.77. The molecule has 0 saturated heterocycles. The molecule has 0 amide bonds. The SMILES string of the molecule is C[Si](C)c1cc([Si](C)C)cc([Si](C)C)c1. The first-order valence-electron chi connectivity index (χ1n) is 5.48. The maximum absolute atomic E-state index is 2.47. The van der Waals surface area contributed by atoms with Gasteiger partial charge in [0.1, 0.15) is 0 Å². The van der Waals surface area contributed by atoms with Gasteiger partial charge in [0.25, 0.3) is 0 Å². The van der Waals surface area contributed by atoms with Crippen LogP contribution in [0.3, 0.4) is 0 Å². The minimum Gasteiger partial charge on any atom is -0.0671 e. The van der Waals surface area contributed by atoms with Gasteiger partial charge in [0.2, 0.25) is 0 Å². The van der Waals surface area contributed by atoms with Gasteiger partial charge in [0.15, 0.2) is 0 Å². The molecule has 0 aliphatic rings. The third-order valence-corrected chi connectivity index (χ3v) is 7.00. The molecule has 1 rings (SSSR count). The average Bonchev–Trinajstić information content (AvgIpc) is 2.16. The molecule has 0 aliphatic carbocycles. The number of benzene rings is 1. The van der Waals surface area contributed by atoms with Crippen LogP contribution in [0.1, 0.15) is 0 Å². The summed E-state index contributed by atoms with van der Waals surface area (Å²) < 4.78 is 0. The molecular weight excluding hydrogens is 228 g/mol. The van der Waals surface area contributed by atoms with Crippen molar-refractivity contribution in [1.82, 2.24) is 0 Å². The Bertz CT molecular complexity index is 265. The summed E-state index contributed by atoms with van der Waals surface area (Å²) in [6, 6.07) is 7.41. The van der Waals surface area contributed by atoms with Gasteiger partial charge in [0.05, 0.1) is 26.4 Å². The zero-order chi connectivity index (χ0) is 11.6. The molecule has 15 heavy (non-hydrogen) atoms. The lowest BCUT2D eigenvalue weighted by atomic mass is 10.3. The third-order valence-electron chi connectivity index (χ3n) is 2.67. The van der Waals surface area contributed by atoms with Crippen molar-refractivity contribution in [2.45, 2.75) is 39.3 Å². The molecule has 3 heteroatoms. The summed E-state index contributed by atoms with van der Waals surface area (Å²) in [4.78, 5) is 0. The van der Waals surface area contributed by atoms with Crippen LogP contribution >= 0.6 is 0 Å². The molecule has 1 aromatic carbocycles. The summed E-state index contributed by atoms with van der Waals surface area (Å²) in [5.74, 6) is 0.